The predicted molar refractivity (Wildman–Crippen MR) is 61.9 cm³/mol. The third kappa shape index (κ3) is 3.07. The van der Waals surface area contributed by atoms with E-state index in [2.05, 4.69) is 0 Å². The largest absolute Gasteiger partial charge is 0.356 e. The summed E-state index contributed by atoms with van der Waals surface area (Å²) in [6, 6.07) is 13.0. The van der Waals surface area contributed by atoms with Crippen molar-refractivity contribution in [3.8, 4) is 0 Å². The maximum absolute atomic E-state index is 10.9. The Labute approximate surface area is 93.9 Å². The molecule has 0 saturated carbocycles. The first-order valence-electron chi connectivity index (χ1n) is 5.12. The van der Waals surface area contributed by atoms with Gasteiger partial charge in [0.15, 0.2) is 5.43 Å². The van der Waals surface area contributed by atoms with E-state index in [-0.39, 0.29) is 5.43 Å². The van der Waals surface area contributed by atoms with Gasteiger partial charge in [-0.25, -0.2) is 0 Å². The van der Waals surface area contributed by atoms with Crippen LogP contribution in [0.15, 0.2) is 59.7 Å². The molecule has 82 valence electrons. The normalized spacial score (nSPS) is 10.2. The molecule has 0 N–H and O–H groups in total. The zero-order valence-corrected chi connectivity index (χ0v) is 8.87. The fourth-order valence-electron chi connectivity index (χ4n) is 1.37. The number of nitrogens with zero attached hydrogens (tertiary/aromatic N) is 1. The fourth-order valence-corrected chi connectivity index (χ4v) is 1.37. The highest BCUT2D eigenvalue weighted by Crippen LogP contribution is 2.01. The van der Waals surface area contributed by atoms with Crippen molar-refractivity contribution < 1.29 is 4.74 Å². The fraction of sp³-hybridized carbons (Fsp3) is 0.154. The van der Waals surface area contributed by atoms with Crippen molar-refractivity contribution in [3.63, 3.8) is 0 Å². The van der Waals surface area contributed by atoms with Crippen molar-refractivity contribution >= 4 is 0 Å². The maximum atomic E-state index is 10.9. The molecule has 0 unspecified atom stereocenters. The minimum atomic E-state index is 0.0132. The first-order chi connectivity index (χ1) is 7.84. The lowest BCUT2D eigenvalue weighted by Crippen LogP contribution is -2.06. The predicted octanol–water partition coefficient (Wildman–Crippen LogP) is 2.02. The summed E-state index contributed by atoms with van der Waals surface area (Å²) < 4.78 is 7.33. The summed E-state index contributed by atoms with van der Waals surface area (Å²) in [6.45, 7) is 1.03. The topological polar surface area (TPSA) is 31.2 Å². The molecule has 16 heavy (non-hydrogen) atoms. The van der Waals surface area contributed by atoms with E-state index in [0.29, 0.717) is 13.3 Å². The number of benzene rings is 1. The van der Waals surface area contributed by atoms with Crippen LogP contribution in [0.5, 0.6) is 0 Å². The summed E-state index contributed by atoms with van der Waals surface area (Å²) in [5, 5.41) is 0. The van der Waals surface area contributed by atoms with Gasteiger partial charge in [0.25, 0.3) is 0 Å². The highest BCUT2D eigenvalue weighted by molar-refractivity contribution is 5.13. The first kappa shape index (κ1) is 10.6. The molecule has 2 aromatic rings. The van der Waals surface area contributed by atoms with Crippen LogP contribution in [0.25, 0.3) is 0 Å². The van der Waals surface area contributed by atoms with Gasteiger partial charge in [-0.1, -0.05) is 30.3 Å². The zero-order chi connectivity index (χ0) is 11.2. The number of ether oxygens (including phenoxy) is 1. The Balaban J connectivity index is 1.84. The molecule has 1 aromatic carbocycles. The molecule has 0 bridgehead atoms. The molecular formula is C13H13NO2. The smallest absolute Gasteiger partial charge is 0.181 e. The van der Waals surface area contributed by atoms with E-state index < -0.39 is 0 Å². The Hall–Kier alpha value is -1.87. The molecule has 1 aromatic heterocycles. The molecule has 3 heteroatoms. The summed E-state index contributed by atoms with van der Waals surface area (Å²) in [5.74, 6) is 0. The Morgan fingerprint density at radius 3 is 2.38 bits per heavy atom. The van der Waals surface area contributed by atoms with E-state index in [1.807, 2.05) is 34.9 Å². The van der Waals surface area contributed by atoms with Gasteiger partial charge < -0.3 is 9.30 Å². The van der Waals surface area contributed by atoms with Crippen LogP contribution in [0.4, 0.5) is 0 Å². The summed E-state index contributed by atoms with van der Waals surface area (Å²) in [5.41, 5.74) is 1.16. The molecule has 1 heterocycles. The number of hydrogen-bond acceptors (Lipinski definition) is 2. The van der Waals surface area contributed by atoms with E-state index >= 15 is 0 Å². The SMILES string of the molecule is O=c1ccn(COCc2ccccc2)cc1. The average Bonchev–Trinajstić information content (AvgIpc) is 2.33. The first-order valence-corrected chi connectivity index (χ1v) is 5.12. The van der Waals surface area contributed by atoms with Crippen LogP contribution in [0.1, 0.15) is 5.56 Å². The van der Waals surface area contributed by atoms with Crippen LogP contribution in [-0.4, -0.2) is 4.57 Å². The molecule has 0 aliphatic heterocycles. The standard InChI is InChI=1S/C13H13NO2/c15-13-6-8-14(9-7-13)11-16-10-12-4-2-1-3-5-12/h1-9H,10-11H2. The quantitative estimate of drug-likeness (QED) is 0.781. The van der Waals surface area contributed by atoms with Gasteiger partial charge in [-0.15, -0.1) is 0 Å². The summed E-state index contributed by atoms with van der Waals surface area (Å²) in [7, 11) is 0. The zero-order valence-electron chi connectivity index (χ0n) is 8.87. The molecule has 0 atom stereocenters. The number of rotatable bonds is 4. The molecule has 0 saturated heterocycles. The molecule has 0 aliphatic rings. The number of hydrogen-bond donors (Lipinski definition) is 0. The maximum Gasteiger partial charge on any atom is 0.181 e. The summed E-state index contributed by atoms with van der Waals surface area (Å²) in [6.07, 6.45) is 3.43. The minimum absolute atomic E-state index is 0.0132. The van der Waals surface area contributed by atoms with Crippen LogP contribution in [0.3, 0.4) is 0 Å². The van der Waals surface area contributed by atoms with Crippen LogP contribution >= 0.6 is 0 Å². The lowest BCUT2D eigenvalue weighted by Gasteiger charge is -2.06. The van der Waals surface area contributed by atoms with E-state index in [9.17, 15) is 4.79 Å². The Bertz CT molecular complexity index is 470. The third-order valence-electron chi connectivity index (χ3n) is 2.21. The molecule has 3 nitrogen and oxygen atoms in total. The van der Waals surface area contributed by atoms with Gasteiger partial charge in [-0.05, 0) is 5.56 Å². The van der Waals surface area contributed by atoms with Gasteiger partial charge in [-0.3, -0.25) is 4.79 Å². The van der Waals surface area contributed by atoms with E-state index in [0.717, 1.165) is 5.56 Å². The second kappa shape index (κ2) is 5.28. The number of pyridine rings is 1. The highest BCUT2D eigenvalue weighted by Gasteiger charge is 1.92. The van der Waals surface area contributed by atoms with Crippen molar-refractivity contribution in [2.75, 3.05) is 0 Å². The minimum Gasteiger partial charge on any atom is -0.356 e. The summed E-state index contributed by atoms with van der Waals surface area (Å²) >= 11 is 0. The van der Waals surface area contributed by atoms with Gasteiger partial charge in [0.1, 0.15) is 6.73 Å². The highest BCUT2D eigenvalue weighted by atomic mass is 16.5. The molecule has 0 aliphatic carbocycles. The Morgan fingerprint density at radius 1 is 1.00 bits per heavy atom. The van der Waals surface area contributed by atoms with Gasteiger partial charge >= 0.3 is 0 Å². The van der Waals surface area contributed by atoms with Gasteiger partial charge in [0.05, 0.1) is 6.61 Å². The summed E-state index contributed by atoms with van der Waals surface area (Å²) in [4.78, 5) is 10.9. The molecule has 0 radical (unpaired) electrons. The van der Waals surface area contributed by atoms with Gasteiger partial charge in [0, 0.05) is 24.5 Å². The molecule has 0 amide bonds. The van der Waals surface area contributed by atoms with E-state index in [4.69, 9.17) is 4.74 Å². The van der Waals surface area contributed by atoms with E-state index in [1.165, 1.54) is 12.1 Å². The number of aromatic nitrogens is 1. The second-order valence-corrected chi connectivity index (χ2v) is 3.51. The van der Waals surface area contributed by atoms with Crippen LogP contribution in [0.2, 0.25) is 0 Å². The molecule has 0 fully saturated rings. The molecule has 2 rings (SSSR count). The Kier molecular flexibility index (Phi) is 3.51. The average molecular weight is 215 g/mol. The monoisotopic (exact) mass is 215 g/mol. The Morgan fingerprint density at radius 2 is 1.69 bits per heavy atom. The van der Waals surface area contributed by atoms with Crippen LogP contribution in [0, 0.1) is 0 Å². The van der Waals surface area contributed by atoms with Crippen molar-refractivity contribution in [2.45, 2.75) is 13.3 Å². The molecular weight excluding hydrogens is 202 g/mol. The van der Waals surface area contributed by atoms with Crippen molar-refractivity contribution in [2.24, 2.45) is 0 Å². The van der Waals surface area contributed by atoms with Gasteiger partial charge in [-0.2, -0.15) is 0 Å². The third-order valence-corrected chi connectivity index (χ3v) is 2.21. The molecule has 0 spiro atoms. The van der Waals surface area contributed by atoms with Gasteiger partial charge in [0.2, 0.25) is 0 Å². The van der Waals surface area contributed by atoms with Crippen molar-refractivity contribution in [1.29, 1.82) is 0 Å². The van der Waals surface area contributed by atoms with Crippen LogP contribution in [-0.2, 0) is 18.1 Å². The lowest BCUT2D eigenvalue weighted by atomic mass is 10.2. The van der Waals surface area contributed by atoms with Crippen molar-refractivity contribution in [1.82, 2.24) is 4.57 Å². The van der Waals surface area contributed by atoms with Crippen molar-refractivity contribution in [3.05, 3.63) is 70.6 Å². The van der Waals surface area contributed by atoms with E-state index in [1.54, 1.807) is 12.4 Å². The lowest BCUT2D eigenvalue weighted by molar-refractivity contribution is 0.0636. The second-order valence-electron chi connectivity index (χ2n) is 3.51. The van der Waals surface area contributed by atoms with Crippen LogP contribution < -0.4 is 5.43 Å².